The summed E-state index contributed by atoms with van der Waals surface area (Å²) < 4.78 is 17.0. The van der Waals surface area contributed by atoms with E-state index < -0.39 is 25.1 Å². The second-order valence-corrected chi connectivity index (χ2v) is 1.52. The molecule has 0 aliphatic carbocycles. The van der Waals surface area contributed by atoms with Crippen LogP contribution in [0.1, 0.15) is 13.8 Å². The van der Waals surface area contributed by atoms with Crippen molar-refractivity contribution in [1.29, 1.82) is 0 Å². The molecular weight excluding hydrogens is 172 g/mol. The summed E-state index contributed by atoms with van der Waals surface area (Å²) in [6.07, 6.45) is 2.48. The number of aliphatic carboxylic acids is 1. The Kier molecular flexibility index (Phi) is 10.4. The van der Waals surface area contributed by atoms with Crippen molar-refractivity contribution in [2.24, 2.45) is 0 Å². The Bertz CT molecular complexity index is 166. The monoisotopic (exact) mass is 179 g/mol. The third-order valence-corrected chi connectivity index (χ3v) is 0.696. The van der Waals surface area contributed by atoms with Crippen LogP contribution in [0.5, 0.6) is 0 Å². The molecule has 0 amide bonds. The van der Waals surface area contributed by atoms with Gasteiger partial charge in [0, 0.05) is 0 Å². The van der Waals surface area contributed by atoms with E-state index in [1.54, 1.807) is 6.92 Å². The summed E-state index contributed by atoms with van der Waals surface area (Å²) in [5.41, 5.74) is 0.264. The summed E-state index contributed by atoms with van der Waals surface area (Å²) in [4.78, 5) is 9.83. The number of carboxylic acids is 1. The molecule has 0 heterocycles. The molecule has 0 unspecified atom stereocenters. The Hall–Kier alpha value is -0.476. The van der Waals surface area contributed by atoms with Crippen LogP contribution in [0.4, 0.5) is 0 Å². The van der Waals surface area contributed by atoms with Crippen molar-refractivity contribution in [3.05, 3.63) is 11.6 Å². The van der Waals surface area contributed by atoms with Gasteiger partial charge >= 0.3 is 25.7 Å². The van der Waals surface area contributed by atoms with E-state index in [1.807, 2.05) is 0 Å². The van der Waals surface area contributed by atoms with Gasteiger partial charge in [-0.15, -0.1) is 12.5 Å². The van der Waals surface area contributed by atoms with E-state index in [-0.39, 0.29) is 5.57 Å². The van der Waals surface area contributed by atoms with Gasteiger partial charge in [0.25, 0.3) is 0 Å². The van der Waals surface area contributed by atoms with E-state index in [4.69, 9.17) is 11.8 Å². The molecule has 0 radical (unpaired) electrons. The Morgan fingerprint density at radius 2 is 1.80 bits per heavy atom. The predicted molar refractivity (Wildman–Crippen MR) is 27.1 cm³/mol. The Balaban J connectivity index is 0. The van der Waals surface area contributed by atoms with Gasteiger partial charge in [0.2, 0.25) is 0 Å². The van der Waals surface area contributed by atoms with Crippen molar-refractivity contribution in [2.45, 2.75) is 13.8 Å². The Morgan fingerprint density at radius 3 is 1.80 bits per heavy atom. The molecule has 4 nitrogen and oxygen atoms in total. The number of rotatable bonds is 1. The van der Waals surface area contributed by atoms with Crippen LogP contribution in [0.2, 0.25) is 0 Å². The van der Waals surface area contributed by atoms with Gasteiger partial charge in [-0.25, -0.2) is 0 Å². The number of carbonyl (C=O) groups is 1. The molecule has 1 N–H and O–H groups in total. The van der Waals surface area contributed by atoms with Crippen LogP contribution in [-0.2, 0) is 30.5 Å². The van der Waals surface area contributed by atoms with Crippen LogP contribution in [0, 0.1) is 6.08 Å². The van der Waals surface area contributed by atoms with Crippen LogP contribution in [-0.4, -0.2) is 11.1 Å². The average Bonchev–Trinajstić information content (AvgIpc) is 1.88. The Labute approximate surface area is 67.5 Å². The fourth-order valence-electron chi connectivity index (χ4n) is 0.107. The summed E-state index contributed by atoms with van der Waals surface area (Å²) in [5, 5.41) is 8.08. The number of carboxylic acid groups (broad SMARTS) is 1. The molecular formula is C5H7O4Ti-. The third kappa shape index (κ3) is 10.5. The summed E-state index contributed by atoms with van der Waals surface area (Å²) in [6.45, 7) is 3.08. The summed E-state index contributed by atoms with van der Waals surface area (Å²) in [7, 11) is 0. The van der Waals surface area contributed by atoms with Crippen LogP contribution in [0.25, 0.3) is 0 Å². The zero-order valence-corrected chi connectivity index (χ0v) is 7.23. The van der Waals surface area contributed by atoms with Crippen molar-refractivity contribution in [2.75, 3.05) is 0 Å². The standard InChI is InChI=1S/C5H7O2.2O.Ti/c1-3-4(2)5(6)7;;;/h1-2H3,(H,6,7);;;/q-1;;;. The SMILES string of the molecule is C[C-]=C(C)C(=O)O.[O]=[Ti]=[O]. The predicted octanol–water partition coefficient (Wildman–Crippen LogP) is 0.600. The van der Waals surface area contributed by atoms with Gasteiger partial charge in [-0.2, -0.15) is 0 Å². The molecule has 0 rings (SSSR count). The first-order chi connectivity index (χ1) is 4.59. The van der Waals surface area contributed by atoms with E-state index in [0.29, 0.717) is 0 Å². The second kappa shape index (κ2) is 8.52. The normalized spacial score (nSPS) is 8.80. The van der Waals surface area contributed by atoms with Crippen molar-refractivity contribution in [3.63, 3.8) is 0 Å². The molecule has 10 heavy (non-hydrogen) atoms. The zero-order chi connectivity index (χ0) is 8.57. The van der Waals surface area contributed by atoms with Gasteiger partial charge < -0.3 is 9.90 Å². The number of hydrogen-bond acceptors (Lipinski definition) is 3. The van der Waals surface area contributed by atoms with Gasteiger partial charge in [0.1, 0.15) is 0 Å². The first-order valence-corrected chi connectivity index (χ1v) is 3.61. The molecule has 0 atom stereocenters. The maximum atomic E-state index is 9.83. The minimum absolute atomic E-state index is 0.264. The molecule has 5 heteroatoms. The molecule has 56 valence electrons. The van der Waals surface area contributed by atoms with Gasteiger partial charge in [-0.05, 0) is 0 Å². The summed E-state index contributed by atoms with van der Waals surface area (Å²) in [6, 6.07) is 0. The first-order valence-electron chi connectivity index (χ1n) is 2.34. The molecule has 0 aromatic carbocycles. The molecule has 0 aliphatic heterocycles. The third-order valence-electron chi connectivity index (χ3n) is 0.696. The fourth-order valence-corrected chi connectivity index (χ4v) is 0.107. The number of hydrogen-bond donors (Lipinski definition) is 1. The van der Waals surface area contributed by atoms with Crippen LogP contribution < -0.4 is 0 Å². The van der Waals surface area contributed by atoms with E-state index in [2.05, 4.69) is 6.08 Å². The second-order valence-electron chi connectivity index (χ2n) is 1.26. The van der Waals surface area contributed by atoms with E-state index in [9.17, 15) is 4.79 Å². The van der Waals surface area contributed by atoms with Crippen molar-refractivity contribution in [1.82, 2.24) is 0 Å². The van der Waals surface area contributed by atoms with E-state index >= 15 is 0 Å². The fraction of sp³-hybridized carbons (Fsp3) is 0.400. The maximum absolute atomic E-state index is 9.83. The molecule has 0 bridgehead atoms. The van der Waals surface area contributed by atoms with E-state index in [1.165, 1.54) is 6.92 Å². The average molecular weight is 179 g/mol. The number of allylic oxidation sites excluding steroid dienone is 1. The molecule has 0 saturated heterocycles. The van der Waals surface area contributed by atoms with Gasteiger partial charge in [-0.3, -0.25) is 6.08 Å². The zero-order valence-electron chi connectivity index (χ0n) is 5.67. The van der Waals surface area contributed by atoms with Crippen LogP contribution >= 0.6 is 0 Å². The van der Waals surface area contributed by atoms with Gasteiger partial charge in [-0.1, -0.05) is 6.92 Å². The van der Waals surface area contributed by atoms with Crippen LogP contribution in [0.3, 0.4) is 0 Å². The van der Waals surface area contributed by atoms with Gasteiger partial charge in [0.15, 0.2) is 5.97 Å². The first kappa shape index (κ1) is 12.2. The molecule has 0 aliphatic rings. The molecule has 0 fully saturated rings. The topological polar surface area (TPSA) is 71.4 Å². The Morgan fingerprint density at radius 1 is 1.50 bits per heavy atom. The molecule has 0 aromatic heterocycles. The molecule has 0 aromatic rings. The summed E-state index contributed by atoms with van der Waals surface area (Å²) >= 11 is -2.00. The van der Waals surface area contributed by atoms with E-state index in [0.717, 1.165) is 0 Å². The van der Waals surface area contributed by atoms with Gasteiger partial charge in [0.05, 0.1) is 0 Å². The quantitative estimate of drug-likeness (QED) is 0.363. The van der Waals surface area contributed by atoms with Crippen molar-refractivity contribution in [3.8, 4) is 0 Å². The van der Waals surface area contributed by atoms with Crippen molar-refractivity contribution < 1.29 is 35.6 Å². The van der Waals surface area contributed by atoms with Crippen molar-refractivity contribution >= 4 is 5.97 Å². The summed E-state index contributed by atoms with van der Waals surface area (Å²) in [5.74, 6) is -0.900. The molecule has 0 saturated carbocycles. The van der Waals surface area contributed by atoms with Crippen LogP contribution in [0.15, 0.2) is 5.57 Å². The molecule has 0 spiro atoms. The minimum atomic E-state index is -2.00.